The van der Waals surface area contributed by atoms with E-state index in [0.29, 0.717) is 6.10 Å². The number of aryl methyl sites for hydroxylation is 1. The van der Waals surface area contributed by atoms with Crippen LogP contribution in [0.1, 0.15) is 42.6 Å². The van der Waals surface area contributed by atoms with Crippen LogP contribution in [-0.4, -0.2) is 31.2 Å². The normalized spacial score (nSPS) is 21.1. The maximum atomic E-state index is 12.3. The van der Waals surface area contributed by atoms with E-state index in [4.69, 9.17) is 4.74 Å². The summed E-state index contributed by atoms with van der Waals surface area (Å²) in [6.07, 6.45) is 2.15. The third-order valence-electron chi connectivity index (χ3n) is 3.62. The molecule has 1 aliphatic carbocycles. The molecule has 0 unspecified atom stereocenters. The van der Waals surface area contributed by atoms with E-state index in [2.05, 4.69) is 10.6 Å². The van der Waals surface area contributed by atoms with Crippen LogP contribution in [0, 0.1) is 6.92 Å². The van der Waals surface area contributed by atoms with E-state index in [-0.39, 0.29) is 11.9 Å². The minimum Gasteiger partial charge on any atom is -0.385 e. The molecular weight excluding hydrogens is 252 g/mol. The van der Waals surface area contributed by atoms with Crippen molar-refractivity contribution in [1.82, 2.24) is 5.32 Å². The van der Waals surface area contributed by atoms with Gasteiger partial charge in [0, 0.05) is 24.9 Å². The van der Waals surface area contributed by atoms with E-state index in [1.165, 1.54) is 0 Å². The van der Waals surface area contributed by atoms with Crippen molar-refractivity contribution in [3.05, 3.63) is 29.3 Å². The molecule has 2 rings (SSSR count). The molecular formula is C16H24N2O2. The lowest BCUT2D eigenvalue weighted by Gasteiger charge is -2.35. The second kappa shape index (κ2) is 6.75. The van der Waals surface area contributed by atoms with E-state index >= 15 is 0 Å². The van der Waals surface area contributed by atoms with Crippen LogP contribution in [0.2, 0.25) is 0 Å². The monoisotopic (exact) mass is 276 g/mol. The van der Waals surface area contributed by atoms with E-state index < -0.39 is 0 Å². The summed E-state index contributed by atoms with van der Waals surface area (Å²) < 4.78 is 5.51. The first-order valence-electron chi connectivity index (χ1n) is 7.41. The number of benzene rings is 1. The molecule has 1 amide bonds. The highest BCUT2D eigenvalue weighted by atomic mass is 16.5. The molecule has 0 radical (unpaired) electrons. The average molecular weight is 276 g/mol. The Morgan fingerprint density at radius 1 is 1.35 bits per heavy atom. The number of carbonyl (C=O) groups excluding carboxylic acids is 1. The van der Waals surface area contributed by atoms with Crippen molar-refractivity contribution in [2.24, 2.45) is 0 Å². The van der Waals surface area contributed by atoms with E-state index in [9.17, 15) is 4.79 Å². The number of hydrogen-bond donors (Lipinski definition) is 2. The van der Waals surface area contributed by atoms with Gasteiger partial charge in [0.15, 0.2) is 0 Å². The second-order valence-electron chi connectivity index (χ2n) is 5.30. The lowest BCUT2D eigenvalue weighted by molar-refractivity contribution is -0.00861. The number of anilines is 1. The molecule has 4 heteroatoms. The Balaban J connectivity index is 1.96. The molecule has 0 aliphatic heterocycles. The fourth-order valence-corrected chi connectivity index (χ4v) is 2.51. The highest BCUT2D eigenvalue weighted by molar-refractivity contribution is 6.00. The van der Waals surface area contributed by atoms with Crippen molar-refractivity contribution in [3.8, 4) is 0 Å². The predicted molar refractivity (Wildman–Crippen MR) is 81.2 cm³/mol. The van der Waals surface area contributed by atoms with Crippen LogP contribution in [0.15, 0.2) is 18.2 Å². The number of rotatable bonds is 6. The van der Waals surface area contributed by atoms with Gasteiger partial charge in [-0.1, -0.05) is 6.07 Å². The van der Waals surface area contributed by atoms with Crippen LogP contribution in [0.4, 0.5) is 5.69 Å². The average Bonchev–Trinajstić information content (AvgIpc) is 2.36. The third kappa shape index (κ3) is 3.51. The molecule has 0 saturated heterocycles. The Bertz CT molecular complexity index is 468. The van der Waals surface area contributed by atoms with Gasteiger partial charge in [-0.15, -0.1) is 0 Å². The number of amides is 1. The van der Waals surface area contributed by atoms with Crippen molar-refractivity contribution in [2.75, 3.05) is 18.5 Å². The maximum Gasteiger partial charge on any atom is 0.253 e. The van der Waals surface area contributed by atoms with Gasteiger partial charge in [-0.3, -0.25) is 4.79 Å². The van der Waals surface area contributed by atoms with Gasteiger partial charge >= 0.3 is 0 Å². The summed E-state index contributed by atoms with van der Waals surface area (Å²) in [5.74, 6) is 0.000832. The fourth-order valence-electron chi connectivity index (χ4n) is 2.51. The Labute approximate surface area is 120 Å². The third-order valence-corrected chi connectivity index (χ3v) is 3.62. The second-order valence-corrected chi connectivity index (χ2v) is 5.30. The van der Waals surface area contributed by atoms with E-state index in [1.54, 1.807) is 0 Å². The van der Waals surface area contributed by atoms with Crippen LogP contribution in [-0.2, 0) is 4.74 Å². The van der Waals surface area contributed by atoms with Crippen LogP contribution < -0.4 is 10.6 Å². The minimum absolute atomic E-state index is 0.000832. The molecule has 0 atom stereocenters. The van der Waals surface area contributed by atoms with Gasteiger partial charge in [-0.25, -0.2) is 0 Å². The minimum atomic E-state index is 0.000832. The molecule has 1 saturated carbocycles. The molecule has 1 aromatic carbocycles. The molecule has 0 spiro atoms. The van der Waals surface area contributed by atoms with Gasteiger partial charge in [-0.05, 0) is 51.3 Å². The lowest BCUT2D eigenvalue weighted by Crippen LogP contribution is -2.47. The van der Waals surface area contributed by atoms with E-state index in [0.717, 1.165) is 42.8 Å². The standard InChI is InChI=1S/C16H24N2O2/c1-4-17-15-8-11(3)6-7-14(15)16(19)18-12-9-13(10-12)20-5-2/h6-8,12-13,17H,4-5,9-10H2,1-3H3,(H,18,19). The molecule has 110 valence electrons. The van der Waals surface area contributed by atoms with Crippen LogP contribution in [0.5, 0.6) is 0 Å². The summed E-state index contributed by atoms with van der Waals surface area (Å²) in [5.41, 5.74) is 2.78. The van der Waals surface area contributed by atoms with E-state index in [1.807, 2.05) is 39.0 Å². The first-order valence-corrected chi connectivity index (χ1v) is 7.41. The molecule has 0 heterocycles. The summed E-state index contributed by atoms with van der Waals surface area (Å²) in [6.45, 7) is 7.61. The van der Waals surface area contributed by atoms with Crippen LogP contribution >= 0.6 is 0 Å². The molecule has 1 aromatic rings. The molecule has 1 aliphatic rings. The first-order chi connectivity index (χ1) is 9.63. The zero-order valence-electron chi connectivity index (χ0n) is 12.5. The zero-order chi connectivity index (χ0) is 14.5. The number of carbonyl (C=O) groups is 1. The molecule has 0 aromatic heterocycles. The van der Waals surface area contributed by atoms with Crippen molar-refractivity contribution >= 4 is 11.6 Å². The Morgan fingerprint density at radius 2 is 2.10 bits per heavy atom. The maximum absolute atomic E-state index is 12.3. The Kier molecular flexibility index (Phi) is 5.01. The molecule has 4 nitrogen and oxygen atoms in total. The highest BCUT2D eigenvalue weighted by Gasteiger charge is 2.31. The largest absolute Gasteiger partial charge is 0.385 e. The summed E-state index contributed by atoms with van der Waals surface area (Å²) in [7, 11) is 0. The summed E-state index contributed by atoms with van der Waals surface area (Å²) in [6, 6.07) is 6.12. The summed E-state index contributed by atoms with van der Waals surface area (Å²) in [4.78, 5) is 12.3. The Hall–Kier alpha value is -1.55. The van der Waals surface area contributed by atoms with Gasteiger partial charge in [0.05, 0.1) is 11.7 Å². The van der Waals surface area contributed by atoms with Crippen molar-refractivity contribution in [1.29, 1.82) is 0 Å². The SMILES string of the molecule is CCNc1cc(C)ccc1C(=O)NC1CC(OCC)C1. The number of ether oxygens (including phenoxy) is 1. The zero-order valence-corrected chi connectivity index (χ0v) is 12.5. The first kappa shape index (κ1) is 14.9. The van der Waals surface area contributed by atoms with Gasteiger partial charge in [0.2, 0.25) is 0 Å². The summed E-state index contributed by atoms with van der Waals surface area (Å²) >= 11 is 0. The van der Waals surface area contributed by atoms with Gasteiger partial charge < -0.3 is 15.4 Å². The van der Waals surface area contributed by atoms with Crippen molar-refractivity contribution < 1.29 is 9.53 Å². The molecule has 1 fully saturated rings. The smallest absolute Gasteiger partial charge is 0.253 e. The van der Waals surface area contributed by atoms with Gasteiger partial charge in [-0.2, -0.15) is 0 Å². The fraction of sp³-hybridized carbons (Fsp3) is 0.562. The summed E-state index contributed by atoms with van der Waals surface area (Å²) in [5, 5.41) is 6.33. The van der Waals surface area contributed by atoms with Crippen molar-refractivity contribution in [3.63, 3.8) is 0 Å². The van der Waals surface area contributed by atoms with Gasteiger partial charge in [0.1, 0.15) is 0 Å². The topological polar surface area (TPSA) is 50.4 Å². The highest BCUT2D eigenvalue weighted by Crippen LogP contribution is 2.24. The quantitative estimate of drug-likeness (QED) is 0.840. The van der Waals surface area contributed by atoms with Gasteiger partial charge in [0.25, 0.3) is 5.91 Å². The van der Waals surface area contributed by atoms with Crippen LogP contribution in [0.3, 0.4) is 0 Å². The van der Waals surface area contributed by atoms with Crippen LogP contribution in [0.25, 0.3) is 0 Å². The Morgan fingerprint density at radius 3 is 2.75 bits per heavy atom. The number of hydrogen-bond acceptors (Lipinski definition) is 3. The molecule has 2 N–H and O–H groups in total. The lowest BCUT2D eigenvalue weighted by atomic mass is 9.89. The predicted octanol–water partition coefficient (Wildman–Crippen LogP) is 2.72. The molecule has 20 heavy (non-hydrogen) atoms. The molecule has 0 bridgehead atoms. The number of nitrogens with one attached hydrogen (secondary N) is 2. The van der Waals surface area contributed by atoms with Crippen molar-refractivity contribution in [2.45, 2.75) is 45.8 Å².